The largest absolute Gasteiger partial charge is 0.495 e. The number of nitrogens with one attached hydrogen (secondary N) is 2. The van der Waals surface area contributed by atoms with Gasteiger partial charge in [-0.25, -0.2) is 0 Å². The molecule has 0 saturated carbocycles. The zero-order chi connectivity index (χ0) is 16.3. The summed E-state index contributed by atoms with van der Waals surface area (Å²) < 4.78 is 5.53. The minimum absolute atomic E-state index is 0.423. The lowest BCUT2D eigenvalue weighted by atomic mass is 9.85. The Morgan fingerprint density at radius 2 is 1.78 bits per heavy atom. The quantitative estimate of drug-likeness (QED) is 0.584. The van der Waals surface area contributed by atoms with Gasteiger partial charge in [-0.2, -0.15) is 0 Å². The molecule has 0 spiro atoms. The first kappa shape index (κ1) is 16.6. The van der Waals surface area contributed by atoms with Gasteiger partial charge in [0.1, 0.15) is 12.3 Å². The molecule has 3 rings (SSSR count). The van der Waals surface area contributed by atoms with E-state index in [1.54, 1.807) is 16.9 Å². The number of nitrogens with zero attached hydrogens (tertiary/aromatic N) is 1. The van der Waals surface area contributed by atoms with E-state index < -0.39 is 0 Å². The first-order valence-corrected chi connectivity index (χ1v) is 9.02. The molecule has 2 aliphatic heterocycles. The SMILES string of the molecule is COc1ccccc1N1CC[NH+](C2(C[NH3+])CC[NH+](C)CC2)CC1. The van der Waals surface area contributed by atoms with Crippen molar-refractivity contribution in [3.63, 3.8) is 0 Å². The Kier molecular flexibility index (Phi) is 5.09. The molecule has 0 atom stereocenters. The van der Waals surface area contributed by atoms with Crippen molar-refractivity contribution in [2.24, 2.45) is 0 Å². The van der Waals surface area contributed by atoms with Gasteiger partial charge < -0.3 is 25.2 Å². The van der Waals surface area contributed by atoms with Crippen molar-refractivity contribution in [3.05, 3.63) is 24.3 Å². The number of quaternary nitrogens is 3. The molecule has 2 fully saturated rings. The van der Waals surface area contributed by atoms with Crippen LogP contribution in [-0.2, 0) is 0 Å². The minimum atomic E-state index is 0.423. The maximum absolute atomic E-state index is 5.53. The van der Waals surface area contributed by atoms with Gasteiger partial charge in [0.2, 0.25) is 0 Å². The van der Waals surface area contributed by atoms with Gasteiger partial charge in [0, 0.05) is 0 Å². The van der Waals surface area contributed by atoms with Crippen LogP contribution in [-0.4, -0.2) is 65.5 Å². The molecule has 23 heavy (non-hydrogen) atoms. The number of ether oxygens (including phenoxy) is 1. The van der Waals surface area contributed by atoms with Crippen LogP contribution >= 0.6 is 0 Å². The summed E-state index contributed by atoms with van der Waals surface area (Å²) in [7, 11) is 4.08. The first-order valence-electron chi connectivity index (χ1n) is 9.02. The molecule has 1 aromatic rings. The first-order chi connectivity index (χ1) is 11.2. The van der Waals surface area contributed by atoms with Crippen molar-refractivity contribution >= 4 is 5.69 Å². The number of rotatable bonds is 4. The predicted octanol–water partition coefficient (Wildman–Crippen LogP) is -2.31. The van der Waals surface area contributed by atoms with E-state index in [0.29, 0.717) is 5.54 Å². The average molecular weight is 321 g/mol. The lowest BCUT2D eigenvalue weighted by Crippen LogP contribution is -3.26. The molecule has 2 saturated heterocycles. The number of methoxy groups -OCH3 is 1. The van der Waals surface area contributed by atoms with Crippen LogP contribution in [0.2, 0.25) is 0 Å². The molecule has 0 unspecified atom stereocenters. The van der Waals surface area contributed by atoms with Crippen molar-refractivity contribution in [2.75, 3.05) is 64.9 Å². The van der Waals surface area contributed by atoms with E-state index in [1.165, 1.54) is 44.7 Å². The summed E-state index contributed by atoms with van der Waals surface area (Å²) in [4.78, 5) is 5.95. The molecule has 128 valence electrons. The Balaban J connectivity index is 1.66. The van der Waals surface area contributed by atoms with Crippen molar-refractivity contribution in [1.82, 2.24) is 0 Å². The van der Waals surface area contributed by atoms with Crippen LogP contribution in [0, 0.1) is 0 Å². The second-order valence-electron chi connectivity index (χ2n) is 7.25. The number of piperidine rings is 1. The number of piperazine rings is 1. The Morgan fingerprint density at radius 3 is 2.39 bits per heavy atom. The molecule has 0 aliphatic carbocycles. The zero-order valence-electron chi connectivity index (χ0n) is 14.7. The Labute approximate surface area is 140 Å². The summed E-state index contributed by atoms with van der Waals surface area (Å²) in [6.07, 6.45) is 2.65. The molecule has 2 aliphatic rings. The van der Waals surface area contributed by atoms with Gasteiger partial charge in [-0.15, -0.1) is 0 Å². The van der Waals surface area contributed by atoms with Gasteiger partial charge in [-0.3, -0.25) is 0 Å². The molecule has 1 aromatic carbocycles. The zero-order valence-corrected chi connectivity index (χ0v) is 14.7. The van der Waals surface area contributed by atoms with Crippen molar-refractivity contribution in [3.8, 4) is 5.75 Å². The van der Waals surface area contributed by atoms with Crippen LogP contribution in [0.1, 0.15) is 12.8 Å². The molecule has 5 N–H and O–H groups in total. The second kappa shape index (κ2) is 7.07. The third-order valence-corrected chi connectivity index (χ3v) is 6.08. The second-order valence-corrected chi connectivity index (χ2v) is 7.25. The van der Waals surface area contributed by atoms with Crippen LogP contribution in [0.3, 0.4) is 0 Å². The fraction of sp³-hybridized carbons (Fsp3) is 0.667. The molecule has 0 amide bonds. The van der Waals surface area contributed by atoms with Gasteiger partial charge in [-0.1, -0.05) is 12.1 Å². The van der Waals surface area contributed by atoms with E-state index in [2.05, 4.69) is 35.9 Å². The number of likely N-dealkylation sites (tertiary alicyclic amines) is 1. The van der Waals surface area contributed by atoms with E-state index in [1.807, 2.05) is 6.07 Å². The number of hydrogen-bond donors (Lipinski definition) is 3. The fourth-order valence-electron chi connectivity index (χ4n) is 4.37. The van der Waals surface area contributed by atoms with E-state index in [-0.39, 0.29) is 0 Å². The van der Waals surface area contributed by atoms with E-state index in [0.717, 1.165) is 25.4 Å². The number of benzene rings is 1. The summed E-state index contributed by atoms with van der Waals surface area (Å²) >= 11 is 0. The smallest absolute Gasteiger partial charge is 0.158 e. The highest BCUT2D eigenvalue weighted by molar-refractivity contribution is 5.58. The van der Waals surface area contributed by atoms with Crippen LogP contribution in [0.25, 0.3) is 0 Å². The van der Waals surface area contributed by atoms with Crippen molar-refractivity contribution < 1.29 is 20.3 Å². The normalized spacial score (nSPS) is 29.5. The van der Waals surface area contributed by atoms with Crippen LogP contribution < -0.4 is 25.2 Å². The minimum Gasteiger partial charge on any atom is -0.495 e. The van der Waals surface area contributed by atoms with Gasteiger partial charge >= 0.3 is 0 Å². The highest BCUT2D eigenvalue weighted by Crippen LogP contribution is 2.27. The maximum Gasteiger partial charge on any atom is 0.158 e. The molecule has 0 bridgehead atoms. The lowest BCUT2D eigenvalue weighted by Gasteiger charge is -2.45. The van der Waals surface area contributed by atoms with Crippen molar-refractivity contribution in [1.29, 1.82) is 0 Å². The molecular weight excluding hydrogens is 288 g/mol. The summed E-state index contributed by atoms with van der Waals surface area (Å²) in [5.41, 5.74) is 5.99. The van der Waals surface area contributed by atoms with Crippen molar-refractivity contribution in [2.45, 2.75) is 18.4 Å². The number of anilines is 1. The Morgan fingerprint density at radius 1 is 1.13 bits per heavy atom. The summed E-state index contributed by atoms with van der Waals surface area (Å²) in [6.45, 7) is 8.33. The summed E-state index contributed by atoms with van der Waals surface area (Å²) in [5, 5.41) is 0. The molecule has 0 aromatic heterocycles. The molecule has 2 heterocycles. The van der Waals surface area contributed by atoms with Crippen LogP contribution in [0.4, 0.5) is 5.69 Å². The highest BCUT2D eigenvalue weighted by Gasteiger charge is 2.46. The third-order valence-electron chi connectivity index (χ3n) is 6.08. The van der Waals surface area contributed by atoms with E-state index in [4.69, 9.17) is 4.74 Å². The molecule has 5 heteroatoms. The van der Waals surface area contributed by atoms with Gasteiger partial charge in [0.15, 0.2) is 5.54 Å². The number of hydrogen-bond acceptors (Lipinski definition) is 2. The van der Waals surface area contributed by atoms with Gasteiger partial charge in [0.05, 0.1) is 72.0 Å². The molecular formula is C18H33N4O+3. The molecule has 5 nitrogen and oxygen atoms in total. The van der Waals surface area contributed by atoms with Crippen LogP contribution in [0.5, 0.6) is 5.75 Å². The molecule has 0 radical (unpaired) electrons. The maximum atomic E-state index is 5.53. The fourth-order valence-corrected chi connectivity index (χ4v) is 4.37. The monoisotopic (exact) mass is 321 g/mol. The summed E-state index contributed by atoms with van der Waals surface area (Å²) in [6, 6.07) is 8.39. The standard InChI is InChI=1S/C18H30N4O/c1-20-9-7-18(15-19,8-10-20)22-13-11-21(12-14-22)16-5-3-4-6-17(16)23-2/h3-6H,7-15,19H2,1-2H3/p+3. The van der Waals surface area contributed by atoms with Gasteiger partial charge in [-0.05, 0) is 12.1 Å². The third kappa shape index (κ3) is 3.32. The Hall–Kier alpha value is -1.30. The Bertz CT molecular complexity index is 505. The number of para-hydroxylation sites is 2. The van der Waals surface area contributed by atoms with E-state index >= 15 is 0 Å². The van der Waals surface area contributed by atoms with Crippen LogP contribution in [0.15, 0.2) is 24.3 Å². The topological polar surface area (TPSA) is 49.0 Å². The predicted molar refractivity (Wildman–Crippen MR) is 92.2 cm³/mol. The summed E-state index contributed by atoms with van der Waals surface area (Å²) in [5.74, 6) is 0.991. The highest BCUT2D eigenvalue weighted by atomic mass is 16.5. The van der Waals surface area contributed by atoms with Gasteiger partial charge in [0.25, 0.3) is 0 Å². The lowest BCUT2D eigenvalue weighted by molar-refractivity contribution is -0.981. The average Bonchev–Trinajstić information content (AvgIpc) is 2.63. The van der Waals surface area contributed by atoms with E-state index in [9.17, 15) is 0 Å².